The molecule has 0 saturated heterocycles. The van der Waals surface area contributed by atoms with E-state index in [9.17, 15) is 4.39 Å². The van der Waals surface area contributed by atoms with Gasteiger partial charge in [0.05, 0.1) is 0 Å². The molecule has 0 spiro atoms. The minimum Gasteiger partial charge on any atom is -0.323 e. The lowest BCUT2D eigenvalue weighted by Gasteiger charge is -2.24. The van der Waals surface area contributed by atoms with Crippen molar-refractivity contribution in [1.29, 1.82) is 0 Å². The molecule has 0 bridgehead atoms. The second-order valence-corrected chi connectivity index (χ2v) is 4.89. The fourth-order valence-corrected chi connectivity index (χ4v) is 1.89. The van der Waals surface area contributed by atoms with Crippen molar-refractivity contribution in [1.82, 2.24) is 4.90 Å². The van der Waals surface area contributed by atoms with Crippen LogP contribution in [0.4, 0.5) is 4.39 Å². The maximum absolute atomic E-state index is 12.8. The van der Waals surface area contributed by atoms with Crippen molar-refractivity contribution < 1.29 is 4.39 Å². The molecule has 0 aliphatic heterocycles. The van der Waals surface area contributed by atoms with E-state index in [1.165, 1.54) is 18.6 Å². The van der Waals surface area contributed by atoms with Crippen LogP contribution in [0.3, 0.4) is 0 Å². The average Bonchev–Trinajstić information content (AvgIpc) is 2.29. The highest BCUT2D eigenvalue weighted by molar-refractivity contribution is 5.19. The summed E-state index contributed by atoms with van der Waals surface area (Å²) in [6.45, 7) is 6.28. The van der Waals surface area contributed by atoms with Gasteiger partial charge in [-0.15, -0.1) is 0 Å². The molecule has 0 aliphatic rings. The summed E-state index contributed by atoms with van der Waals surface area (Å²) < 4.78 is 12.8. The standard InChI is InChI=1S/C14H23FN2/c1-4-11(2)9-17(3)10-14(16)12-5-7-13(15)8-6-12/h5-8,11,14H,4,9-10,16H2,1-3H3. The van der Waals surface area contributed by atoms with Gasteiger partial charge in [0.25, 0.3) is 0 Å². The summed E-state index contributed by atoms with van der Waals surface area (Å²) in [5.74, 6) is 0.467. The fourth-order valence-electron chi connectivity index (χ4n) is 1.89. The molecule has 2 unspecified atom stereocenters. The number of rotatable bonds is 6. The van der Waals surface area contributed by atoms with Gasteiger partial charge < -0.3 is 10.6 Å². The molecule has 3 heteroatoms. The van der Waals surface area contributed by atoms with E-state index >= 15 is 0 Å². The Labute approximate surface area is 104 Å². The van der Waals surface area contributed by atoms with Crippen molar-refractivity contribution in [2.24, 2.45) is 11.7 Å². The molecule has 0 amide bonds. The predicted molar refractivity (Wildman–Crippen MR) is 70.3 cm³/mol. The molecule has 0 heterocycles. The molecule has 0 aromatic heterocycles. The molecule has 96 valence electrons. The van der Waals surface area contributed by atoms with E-state index in [0.29, 0.717) is 5.92 Å². The van der Waals surface area contributed by atoms with Gasteiger partial charge in [0, 0.05) is 19.1 Å². The first-order chi connectivity index (χ1) is 8.02. The predicted octanol–water partition coefficient (Wildman–Crippen LogP) is 2.80. The van der Waals surface area contributed by atoms with Crippen LogP contribution in [0.5, 0.6) is 0 Å². The van der Waals surface area contributed by atoms with Crippen LogP contribution in [0.15, 0.2) is 24.3 Å². The van der Waals surface area contributed by atoms with Crippen molar-refractivity contribution in [2.45, 2.75) is 26.3 Å². The van der Waals surface area contributed by atoms with Crippen molar-refractivity contribution in [3.05, 3.63) is 35.6 Å². The second-order valence-electron chi connectivity index (χ2n) is 4.89. The SMILES string of the molecule is CCC(C)CN(C)CC(N)c1ccc(F)cc1. The van der Waals surface area contributed by atoms with Gasteiger partial charge in [-0.1, -0.05) is 32.4 Å². The highest BCUT2D eigenvalue weighted by Crippen LogP contribution is 2.13. The Balaban J connectivity index is 2.48. The van der Waals surface area contributed by atoms with Crippen molar-refractivity contribution >= 4 is 0 Å². The van der Waals surface area contributed by atoms with E-state index in [2.05, 4.69) is 25.8 Å². The molecular weight excluding hydrogens is 215 g/mol. The molecule has 0 aliphatic carbocycles. The lowest BCUT2D eigenvalue weighted by Crippen LogP contribution is -2.32. The Bertz CT molecular complexity index is 323. The van der Waals surface area contributed by atoms with Gasteiger partial charge in [-0.25, -0.2) is 4.39 Å². The molecule has 0 saturated carbocycles. The van der Waals surface area contributed by atoms with Gasteiger partial charge in [0.15, 0.2) is 0 Å². The molecule has 0 radical (unpaired) electrons. The summed E-state index contributed by atoms with van der Waals surface area (Å²) in [5, 5.41) is 0. The number of likely N-dealkylation sites (N-methyl/N-ethyl adjacent to an activating group) is 1. The topological polar surface area (TPSA) is 29.3 Å². The molecule has 2 atom stereocenters. The third-order valence-electron chi connectivity index (χ3n) is 3.13. The first-order valence-corrected chi connectivity index (χ1v) is 6.22. The van der Waals surface area contributed by atoms with E-state index in [4.69, 9.17) is 5.73 Å². The summed E-state index contributed by atoms with van der Waals surface area (Å²) in [5.41, 5.74) is 7.09. The summed E-state index contributed by atoms with van der Waals surface area (Å²) in [6, 6.07) is 6.40. The molecule has 1 rings (SSSR count). The Morgan fingerprint density at radius 3 is 2.35 bits per heavy atom. The van der Waals surface area contributed by atoms with Crippen LogP contribution in [-0.4, -0.2) is 25.0 Å². The highest BCUT2D eigenvalue weighted by Gasteiger charge is 2.11. The van der Waals surface area contributed by atoms with Crippen LogP contribution in [0.2, 0.25) is 0 Å². The number of hydrogen-bond donors (Lipinski definition) is 1. The molecule has 0 fully saturated rings. The second kappa shape index (κ2) is 6.72. The van der Waals surface area contributed by atoms with E-state index < -0.39 is 0 Å². The zero-order valence-corrected chi connectivity index (χ0v) is 11.0. The van der Waals surface area contributed by atoms with E-state index in [-0.39, 0.29) is 11.9 Å². The molecule has 1 aromatic carbocycles. The Morgan fingerprint density at radius 2 is 1.82 bits per heavy atom. The smallest absolute Gasteiger partial charge is 0.123 e. The number of benzene rings is 1. The quantitative estimate of drug-likeness (QED) is 0.825. The largest absolute Gasteiger partial charge is 0.323 e. The number of halogens is 1. The summed E-state index contributed by atoms with van der Waals surface area (Å²) >= 11 is 0. The van der Waals surface area contributed by atoms with Crippen LogP contribution in [-0.2, 0) is 0 Å². The zero-order chi connectivity index (χ0) is 12.8. The van der Waals surface area contributed by atoms with Crippen molar-refractivity contribution in [3.63, 3.8) is 0 Å². The molecule has 17 heavy (non-hydrogen) atoms. The van der Waals surface area contributed by atoms with E-state index in [0.717, 1.165) is 18.7 Å². The minimum absolute atomic E-state index is 0.0512. The highest BCUT2D eigenvalue weighted by atomic mass is 19.1. The Kier molecular flexibility index (Phi) is 5.59. The average molecular weight is 238 g/mol. The normalized spacial score (nSPS) is 14.9. The molecule has 2 N–H and O–H groups in total. The van der Waals surface area contributed by atoms with Gasteiger partial charge in [-0.3, -0.25) is 0 Å². The number of nitrogens with two attached hydrogens (primary N) is 1. The van der Waals surface area contributed by atoms with Crippen LogP contribution < -0.4 is 5.73 Å². The van der Waals surface area contributed by atoms with Gasteiger partial charge in [0.2, 0.25) is 0 Å². The lowest BCUT2D eigenvalue weighted by molar-refractivity contribution is 0.267. The first kappa shape index (κ1) is 14.1. The van der Waals surface area contributed by atoms with Gasteiger partial charge in [-0.05, 0) is 30.7 Å². The third-order valence-corrected chi connectivity index (χ3v) is 3.13. The Hall–Kier alpha value is -0.930. The fraction of sp³-hybridized carbons (Fsp3) is 0.571. The van der Waals surface area contributed by atoms with Crippen LogP contribution in [0.1, 0.15) is 31.9 Å². The number of nitrogens with zero attached hydrogens (tertiary/aromatic N) is 1. The molecule has 1 aromatic rings. The molecular formula is C14H23FN2. The van der Waals surface area contributed by atoms with E-state index in [1.54, 1.807) is 12.1 Å². The monoisotopic (exact) mass is 238 g/mol. The van der Waals surface area contributed by atoms with Crippen LogP contribution in [0, 0.1) is 11.7 Å². The summed E-state index contributed by atoms with van der Waals surface area (Å²) in [7, 11) is 2.08. The zero-order valence-electron chi connectivity index (χ0n) is 11.0. The molecule has 2 nitrogen and oxygen atoms in total. The maximum atomic E-state index is 12.8. The van der Waals surface area contributed by atoms with Crippen LogP contribution >= 0.6 is 0 Å². The van der Waals surface area contributed by atoms with Crippen molar-refractivity contribution in [3.8, 4) is 0 Å². The summed E-state index contributed by atoms with van der Waals surface area (Å²) in [6.07, 6.45) is 1.18. The third kappa shape index (κ3) is 4.84. The van der Waals surface area contributed by atoms with Crippen LogP contribution in [0.25, 0.3) is 0 Å². The number of hydrogen-bond acceptors (Lipinski definition) is 2. The van der Waals surface area contributed by atoms with Gasteiger partial charge in [-0.2, -0.15) is 0 Å². The minimum atomic E-state index is -0.214. The summed E-state index contributed by atoms with van der Waals surface area (Å²) in [4.78, 5) is 2.24. The maximum Gasteiger partial charge on any atom is 0.123 e. The van der Waals surface area contributed by atoms with Gasteiger partial charge >= 0.3 is 0 Å². The van der Waals surface area contributed by atoms with E-state index in [1.807, 2.05) is 0 Å². The first-order valence-electron chi connectivity index (χ1n) is 6.22. The van der Waals surface area contributed by atoms with Crippen molar-refractivity contribution in [2.75, 3.05) is 20.1 Å². The lowest BCUT2D eigenvalue weighted by atomic mass is 10.1. The Morgan fingerprint density at radius 1 is 1.24 bits per heavy atom. The van der Waals surface area contributed by atoms with Gasteiger partial charge in [0.1, 0.15) is 5.82 Å².